The highest BCUT2D eigenvalue weighted by Gasteiger charge is 2.33. The Morgan fingerprint density at radius 3 is 2.27 bits per heavy atom. The van der Waals surface area contributed by atoms with Gasteiger partial charge in [0.2, 0.25) is 0 Å². The summed E-state index contributed by atoms with van der Waals surface area (Å²) in [4.78, 5) is 0.329. The maximum absolute atomic E-state index is 12.7. The Bertz CT molecular complexity index is 533. The van der Waals surface area contributed by atoms with E-state index < -0.39 is 11.1 Å². The van der Waals surface area contributed by atoms with Crippen LogP contribution in [-0.4, -0.2) is 0 Å². The van der Waals surface area contributed by atoms with Gasteiger partial charge in [-0.25, -0.2) is 0 Å². The van der Waals surface area contributed by atoms with Gasteiger partial charge < -0.3 is 0 Å². The molecule has 0 nitrogen and oxygen atoms in total. The van der Waals surface area contributed by atoms with E-state index in [2.05, 4.69) is 13.0 Å². The van der Waals surface area contributed by atoms with Crippen LogP contribution in [0.15, 0.2) is 18.2 Å². The molecule has 0 N–H and O–H groups in total. The zero-order chi connectivity index (χ0) is 15.7. The molecule has 1 heterocycles. The molecular formula is C18H23F3S. The minimum atomic E-state index is -4.21. The summed E-state index contributed by atoms with van der Waals surface area (Å²) >= 11 is 0.890. The van der Waals surface area contributed by atoms with Crippen LogP contribution < -0.4 is 0 Å². The lowest BCUT2D eigenvalue weighted by Gasteiger charge is -2.34. The van der Waals surface area contributed by atoms with Gasteiger partial charge in [-0.3, -0.25) is 0 Å². The van der Waals surface area contributed by atoms with Crippen molar-refractivity contribution < 1.29 is 13.2 Å². The molecule has 122 valence electrons. The Morgan fingerprint density at radius 2 is 1.73 bits per heavy atom. The first-order valence-corrected chi connectivity index (χ1v) is 9.11. The van der Waals surface area contributed by atoms with Crippen LogP contribution in [0, 0.1) is 17.8 Å². The van der Waals surface area contributed by atoms with Gasteiger partial charge in [0.25, 0.3) is 0 Å². The largest absolute Gasteiger partial charge is 0.425 e. The highest BCUT2D eigenvalue weighted by Crippen LogP contribution is 2.43. The molecule has 1 atom stereocenters. The van der Waals surface area contributed by atoms with Gasteiger partial charge in [0.05, 0.1) is 0 Å². The highest BCUT2D eigenvalue weighted by atomic mass is 32.1. The summed E-state index contributed by atoms with van der Waals surface area (Å²) in [5, 5.41) is 0. The predicted molar refractivity (Wildman–Crippen MR) is 85.8 cm³/mol. The van der Waals surface area contributed by atoms with E-state index in [1.807, 2.05) is 0 Å². The van der Waals surface area contributed by atoms with E-state index >= 15 is 0 Å². The number of hydrogen-bond donors (Lipinski definition) is 0. The van der Waals surface area contributed by atoms with E-state index in [0.717, 1.165) is 58.8 Å². The van der Waals surface area contributed by atoms with Crippen molar-refractivity contribution in [3.8, 4) is 0 Å². The quantitative estimate of drug-likeness (QED) is 0.561. The van der Waals surface area contributed by atoms with Gasteiger partial charge in [0.15, 0.2) is 0 Å². The SMILES string of the molecule is CC1CCC(C2CC=C(c3ccc(C(F)(F)F)s3)CC2)CC1. The van der Waals surface area contributed by atoms with Gasteiger partial charge in [-0.2, -0.15) is 13.2 Å². The molecular weight excluding hydrogens is 305 g/mol. The normalized spacial score (nSPS) is 30.2. The lowest BCUT2D eigenvalue weighted by molar-refractivity contribution is -0.134. The third-order valence-corrected chi connectivity index (χ3v) is 6.59. The summed E-state index contributed by atoms with van der Waals surface area (Å²) in [5.74, 6) is 2.46. The van der Waals surface area contributed by atoms with E-state index in [4.69, 9.17) is 0 Å². The topological polar surface area (TPSA) is 0 Å². The zero-order valence-corrected chi connectivity index (χ0v) is 13.8. The van der Waals surface area contributed by atoms with E-state index in [1.54, 1.807) is 6.07 Å². The second-order valence-corrected chi connectivity index (χ2v) is 8.03. The molecule has 0 saturated heterocycles. The van der Waals surface area contributed by atoms with Crippen molar-refractivity contribution in [3.63, 3.8) is 0 Å². The first-order valence-electron chi connectivity index (χ1n) is 8.30. The summed E-state index contributed by atoms with van der Waals surface area (Å²) < 4.78 is 38.1. The van der Waals surface area contributed by atoms with Gasteiger partial charge >= 0.3 is 6.18 Å². The zero-order valence-electron chi connectivity index (χ0n) is 13.0. The Kier molecular flexibility index (Phi) is 4.67. The Morgan fingerprint density at radius 1 is 1.00 bits per heavy atom. The molecule has 0 aromatic carbocycles. The number of alkyl halides is 3. The molecule has 0 amide bonds. The summed E-state index contributed by atoms with van der Waals surface area (Å²) in [6, 6.07) is 2.86. The monoisotopic (exact) mass is 328 g/mol. The third-order valence-electron chi connectivity index (χ3n) is 5.38. The van der Waals surface area contributed by atoms with Crippen molar-refractivity contribution in [3.05, 3.63) is 28.0 Å². The molecule has 0 spiro atoms. The number of allylic oxidation sites excluding steroid dienone is 2. The van der Waals surface area contributed by atoms with Crippen molar-refractivity contribution in [2.24, 2.45) is 17.8 Å². The molecule has 1 saturated carbocycles. The first kappa shape index (κ1) is 16.1. The molecule has 1 fully saturated rings. The maximum Gasteiger partial charge on any atom is 0.425 e. The van der Waals surface area contributed by atoms with Crippen molar-refractivity contribution in [2.45, 2.75) is 58.0 Å². The van der Waals surface area contributed by atoms with Crippen molar-refractivity contribution in [1.82, 2.24) is 0 Å². The smallest absolute Gasteiger partial charge is 0.165 e. The van der Waals surface area contributed by atoms with Gasteiger partial charge in [0, 0.05) is 4.88 Å². The molecule has 0 radical (unpaired) electrons. The molecule has 2 aliphatic carbocycles. The number of thiophene rings is 1. The van der Waals surface area contributed by atoms with Crippen molar-refractivity contribution >= 4 is 16.9 Å². The molecule has 4 heteroatoms. The van der Waals surface area contributed by atoms with Crippen LogP contribution in [0.1, 0.15) is 61.6 Å². The molecule has 1 aromatic heterocycles. The molecule has 1 unspecified atom stereocenters. The second kappa shape index (κ2) is 6.38. The fourth-order valence-corrected chi connectivity index (χ4v) is 4.87. The Labute approximate surface area is 134 Å². The molecule has 3 rings (SSSR count). The van der Waals surface area contributed by atoms with E-state index in [0.29, 0.717) is 0 Å². The van der Waals surface area contributed by atoms with Crippen LogP contribution in [0.5, 0.6) is 0 Å². The molecule has 1 aromatic rings. The van der Waals surface area contributed by atoms with Crippen LogP contribution in [0.4, 0.5) is 13.2 Å². The second-order valence-electron chi connectivity index (χ2n) is 6.95. The summed E-state index contributed by atoms with van der Waals surface area (Å²) in [5.41, 5.74) is 1.13. The van der Waals surface area contributed by atoms with Crippen molar-refractivity contribution in [2.75, 3.05) is 0 Å². The fraction of sp³-hybridized carbons (Fsp3) is 0.667. The lowest BCUT2D eigenvalue weighted by Crippen LogP contribution is -2.22. The van der Waals surface area contributed by atoms with Gasteiger partial charge in [-0.15, -0.1) is 11.3 Å². The predicted octanol–water partition coefficient (Wildman–Crippen LogP) is 6.78. The summed E-state index contributed by atoms with van der Waals surface area (Å²) in [6.45, 7) is 2.34. The average Bonchev–Trinajstić information content (AvgIpc) is 2.98. The van der Waals surface area contributed by atoms with Crippen LogP contribution in [0.25, 0.3) is 5.57 Å². The molecule has 2 aliphatic rings. The van der Waals surface area contributed by atoms with Gasteiger partial charge in [-0.1, -0.05) is 25.8 Å². The summed E-state index contributed by atoms with van der Waals surface area (Å²) in [7, 11) is 0. The Hall–Kier alpha value is -0.770. The van der Waals surface area contributed by atoms with E-state index in [1.165, 1.54) is 31.7 Å². The highest BCUT2D eigenvalue weighted by molar-refractivity contribution is 7.13. The van der Waals surface area contributed by atoms with Crippen LogP contribution in [0.2, 0.25) is 0 Å². The third kappa shape index (κ3) is 3.58. The minimum Gasteiger partial charge on any atom is -0.165 e. The van der Waals surface area contributed by atoms with E-state index in [-0.39, 0.29) is 0 Å². The molecule has 0 bridgehead atoms. The molecule has 22 heavy (non-hydrogen) atoms. The fourth-order valence-electron chi connectivity index (χ4n) is 3.93. The number of rotatable bonds is 2. The van der Waals surface area contributed by atoms with Crippen LogP contribution >= 0.6 is 11.3 Å². The lowest BCUT2D eigenvalue weighted by atomic mass is 9.72. The van der Waals surface area contributed by atoms with E-state index in [9.17, 15) is 13.2 Å². The van der Waals surface area contributed by atoms with Gasteiger partial charge in [-0.05, 0) is 67.6 Å². The maximum atomic E-state index is 12.7. The average molecular weight is 328 g/mol. The first-order chi connectivity index (χ1) is 10.4. The van der Waals surface area contributed by atoms with Crippen LogP contribution in [-0.2, 0) is 6.18 Å². The molecule has 0 aliphatic heterocycles. The minimum absolute atomic E-state index is 0.480. The summed E-state index contributed by atoms with van der Waals surface area (Å²) in [6.07, 6.45) is 6.50. The number of halogens is 3. The van der Waals surface area contributed by atoms with Gasteiger partial charge in [0.1, 0.15) is 4.88 Å². The van der Waals surface area contributed by atoms with Crippen LogP contribution in [0.3, 0.4) is 0 Å². The van der Waals surface area contributed by atoms with Crippen molar-refractivity contribution in [1.29, 1.82) is 0 Å². The Balaban J connectivity index is 1.63. The standard InChI is InChI=1S/C18H23F3S/c1-12-2-4-13(5-3-12)14-6-8-15(9-7-14)16-10-11-17(22-16)18(19,20)21/h8,10-14H,2-7,9H2,1H3. The number of hydrogen-bond acceptors (Lipinski definition) is 1.